The van der Waals surface area contributed by atoms with E-state index in [2.05, 4.69) is 21.0 Å². The second-order valence-electron chi connectivity index (χ2n) is 7.14. The molecule has 3 heterocycles. The van der Waals surface area contributed by atoms with Gasteiger partial charge in [0, 0.05) is 29.0 Å². The summed E-state index contributed by atoms with van der Waals surface area (Å²) in [7, 11) is -4.50. The number of alkyl halides is 3. The van der Waals surface area contributed by atoms with E-state index in [9.17, 15) is 26.9 Å². The minimum atomic E-state index is -4.75. The van der Waals surface area contributed by atoms with Crippen LogP contribution in [0.5, 0.6) is 0 Å². The number of halogens is 4. The molecule has 8 nitrogen and oxygen atoms in total. The van der Waals surface area contributed by atoms with E-state index in [1.165, 1.54) is 18.5 Å². The van der Waals surface area contributed by atoms with Crippen molar-refractivity contribution in [2.45, 2.75) is 24.0 Å². The van der Waals surface area contributed by atoms with Crippen LogP contribution in [0.3, 0.4) is 0 Å². The third-order valence-electron chi connectivity index (χ3n) is 4.91. The molecule has 0 amide bonds. The number of nitrogens with one attached hydrogen (secondary N) is 1. The molecular formula is C21H14ClF3N6O2S. The Hall–Kier alpha value is -3.53. The fourth-order valence-corrected chi connectivity index (χ4v) is 4.63. The molecule has 0 bridgehead atoms. The first-order valence-corrected chi connectivity index (χ1v) is 11.5. The van der Waals surface area contributed by atoms with Crippen molar-refractivity contribution in [1.29, 1.82) is 5.26 Å². The van der Waals surface area contributed by atoms with Crippen molar-refractivity contribution in [3.05, 3.63) is 65.6 Å². The Morgan fingerprint density at radius 2 is 1.85 bits per heavy atom. The summed E-state index contributed by atoms with van der Waals surface area (Å²) in [5.41, 5.74) is 1.20. The summed E-state index contributed by atoms with van der Waals surface area (Å²) in [5.74, 6) is 0.227. The van der Waals surface area contributed by atoms with Crippen molar-refractivity contribution in [1.82, 2.24) is 24.2 Å². The molecule has 0 radical (unpaired) electrons. The molecule has 0 fully saturated rings. The lowest BCUT2D eigenvalue weighted by atomic mass is 10.1. The minimum Gasteiger partial charge on any atom is -0.275 e. The lowest BCUT2D eigenvalue weighted by molar-refractivity contribution is -0.147. The zero-order chi connectivity index (χ0) is 24.7. The summed E-state index contributed by atoms with van der Waals surface area (Å²) in [5, 5.41) is 10.8. The van der Waals surface area contributed by atoms with Crippen LogP contribution in [0, 0.1) is 11.3 Å². The van der Waals surface area contributed by atoms with Gasteiger partial charge in [-0.1, -0.05) is 11.6 Å². The van der Waals surface area contributed by atoms with Gasteiger partial charge in [-0.2, -0.15) is 23.2 Å². The average molecular weight is 507 g/mol. The SMILES string of the molecule is CC(NS(=O)(=O)c1ccc(-c2c(C#N)c3cc(Cl)ccc3n2-c2ncccn2)nc1)C(F)(F)F. The zero-order valence-electron chi connectivity index (χ0n) is 17.2. The molecule has 0 aliphatic carbocycles. The monoisotopic (exact) mass is 506 g/mol. The Balaban J connectivity index is 1.87. The molecule has 1 unspecified atom stereocenters. The number of rotatable bonds is 5. The second-order valence-corrected chi connectivity index (χ2v) is 9.30. The van der Waals surface area contributed by atoms with Gasteiger partial charge < -0.3 is 0 Å². The van der Waals surface area contributed by atoms with E-state index in [0.717, 1.165) is 12.3 Å². The van der Waals surface area contributed by atoms with E-state index in [1.807, 2.05) is 0 Å². The van der Waals surface area contributed by atoms with Gasteiger partial charge in [0.25, 0.3) is 0 Å². The Labute approximate surface area is 196 Å². The van der Waals surface area contributed by atoms with Crippen LogP contribution in [0.2, 0.25) is 5.02 Å². The van der Waals surface area contributed by atoms with E-state index < -0.39 is 27.1 Å². The van der Waals surface area contributed by atoms with Gasteiger partial charge >= 0.3 is 6.18 Å². The maximum Gasteiger partial charge on any atom is 0.404 e. The van der Waals surface area contributed by atoms with Crippen LogP contribution >= 0.6 is 11.6 Å². The normalized spacial score (nSPS) is 13.1. The van der Waals surface area contributed by atoms with Crippen molar-refractivity contribution in [3.8, 4) is 23.4 Å². The number of pyridine rings is 1. The predicted molar refractivity (Wildman–Crippen MR) is 118 cm³/mol. The summed E-state index contributed by atoms with van der Waals surface area (Å²) in [4.78, 5) is 12.1. The molecule has 0 saturated heterocycles. The number of benzene rings is 1. The number of nitriles is 1. The molecule has 1 N–H and O–H groups in total. The Kier molecular flexibility index (Phi) is 6.03. The Morgan fingerprint density at radius 3 is 2.44 bits per heavy atom. The van der Waals surface area contributed by atoms with E-state index >= 15 is 0 Å². The zero-order valence-corrected chi connectivity index (χ0v) is 18.8. The van der Waals surface area contributed by atoms with Crippen molar-refractivity contribution >= 4 is 32.5 Å². The lowest BCUT2D eigenvalue weighted by Gasteiger charge is -2.17. The highest BCUT2D eigenvalue weighted by Crippen LogP contribution is 2.36. The predicted octanol–water partition coefficient (Wildman–Crippen LogP) is 4.24. The number of sulfonamides is 1. The highest BCUT2D eigenvalue weighted by Gasteiger charge is 2.39. The van der Waals surface area contributed by atoms with Crippen LogP contribution in [0.4, 0.5) is 13.2 Å². The van der Waals surface area contributed by atoms with Gasteiger partial charge in [-0.25, -0.2) is 18.4 Å². The summed E-state index contributed by atoms with van der Waals surface area (Å²) in [6, 6.07) is 8.75. The molecule has 3 aromatic heterocycles. The Morgan fingerprint density at radius 1 is 1.15 bits per heavy atom. The average Bonchev–Trinajstić information content (AvgIpc) is 3.12. The van der Waals surface area contributed by atoms with Gasteiger partial charge in [0.1, 0.15) is 17.0 Å². The van der Waals surface area contributed by atoms with E-state index in [0.29, 0.717) is 22.8 Å². The number of fused-ring (bicyclic) bond motifs is 1. The molecule has 0 aliphatic rings. The van der Waals surface area contributed by atoms with Crippen molar-refractivity contribution in [3.63, 3.8) is 0 Å². The first kappa shape index (κ1) is 23.6. The standard InChI is InChI=1S/C21H14ClF3N6O2S/c1-12(21(23,24)25)30-34(32,33)14-4-5-17(29-11-14)19-16(10-26)15-9-13(22)3-6-18(15)31(19)20-27-7-2-8-28-20/h2-9,11-12,30H,1H3. The molecule has 0 saturated carbocycles. The van der Waals surface area contributed by atoms with Gasteiger partial charge in [0.2, 0.25) is 16.0 Å². The van der Waals surface area contributed by atoms with Crippen molar-refractivity contribution in [2.75, 3.05) is 0 Å². The van der Waals surface area contributed by atoms with Gasteiger partial charge in [-0.15, -0.1) is 0 Å². The molecule has 13 heteroatoms. The largest absolute Gasteiger partial charge is 0.404 e. The smallest absolute Gasteiger partial charge is 0.275 e. The highest BCUT2D eigenvalue weighted by molar-refractivity contribution is 7.89. The van der Waals surface area contributed by atoms with Crippen molar-refractivity contribution in [2.24, 2.45) is 0 Å². The molecule has 1 atom stereocenters. The number of aromatic nitrogens is 4. The Bertz CT molecular complexity index is 1510. The summed E-state index contributed by atoms with van der Waals surface area (Å²) in [6.07, 6.45) is -0.810. The summed E-state index contributed by atoms with van der Waals surface area (Å²) >= 11 is 6.13. The molecule has 4 rings (SSSR count). The fourth-order valence-electron chi connectivity index (χ4n) is 3.28. The molecule has 174 valence electrons. The molecule has 0 spiro atoms. The van der Waals surface area contributed by atoms with Gasteiger partial charge in [-0.3, -0.25) is 9.55 Å². The van der Waals surface area contributed by atoms with Crippen LogP contribution in [0.1, 0.15) is 12.5 Å². The summed E-state index contributed by atoms with van der Waals surface area (Å²) < 4.78 is 66.3. The van der Waals surface area contributed by atoms with E-state index in [4.69, 9.17) is 11.6 Å². The third-order valence-corrected chi connectivity index (χ3v) is 6.67. The van der Waals surface area contributed by atoms with Gasteiger partial charge in [0.05, 0.1) is 22.5 Å². The number of hydrogen-bond acceptors (Lipinski definition) is 6. The molecule has 0 aliphatic heterocycles. The second kappa shape index (κ2) is 8.68. The molecular weight excluding hydrogens is 493 g/mol. The third kappa shape index (κ3) is 4.33. The van der Waals surface area contributed by atoms with Crippen LogP contribution < -0.4 is 4.72 Å². The van der Waals surface area contributed by atoms with Crippen molar-refractivity contribution < 1.29 is 21.6 Å². The number of hydrogen-bond donors (Lipinski definition) is 1. The quantitative estimate of drug-likeness (QED) is 0.433. The maximum absolute atomic E-state index is 12.8. The van der Waals surface area contributed by atoms with E-state index in [-0.39, 0.29) is 22.9 Å². The fraction of sp³-hybridized carbons (Fsp3) is 0.143. The first-order chi connectivity index (χ1) is 16.0. The molecule has 4 aromatic rings. The highest BCUT2D eigenvalue weighted by atomic mass is 35.5. The first-order valence-electron chi connectivity index (χ1n) is 9.60. The molecule has 1 aromatic carbocycles. The van der Waals surface area contributed by atoms with Gasteiger partial charge in [-0.05, 0) is 43.3 Å². The van der Waals surface area contributed by atoms with Crippen LogP contribution in [0.15, 0.2) is 59.9 Å². The number of nitrogens with zero attached hydrogens (tertiary/aromatic N) is 5. The van der Waals surface area contributed by atoms with Crippen LogP contribution in [0.25, 0.3) is 28.2 Å². The lowest BCUT2D eigenvalue weighted by Crippen LogP contribution is -2.42. The van der Waals surface area contributed by atoms with Crippen LogP contribution in [-0.4, -0.2) is 40.2 Å². The van der Waals surface area contributed by atoms with Gasteiger partial charge in [0.15, 0.2) is 0 Å². The minimum absolute atomic E-state index is 0.180. The summed E-state index contributed by atoms with van der Waals surface area (Å²) in [6.45, 7) is 0.696. The van der Waals surface area contributed by atoms with Crippen LogP contribution in [-0.2, 0) is 10.0 Å². The topological polar surface area (TPSA) is 114 Å². The molecule has 34 heavy (non-hydrogen) atoms. The maximum atomic E-state index is 12.8. The van der Waals surface area contributed by atoms with E-state index in [1.54, 1.807) is 33.6 Å².